The summed E-state index contributed by atoms with van der Waals surface area (Å²) in [5, 5.41) is 12.2. The number of hydrogen-bond donors (Lipinski definition) is 2. The van der Waals surface area contributed by atoms with Crippen LogP contribution >= 0.6 is 0 Å². The number of urea groups is 1. The quantitative estimate of drug-likeness (QED) is 0.237. The molecule has 2 N–H and O–H groups in total. The summed E-state index contributed by atoms with van der Waals surface area (Å²) in [5.41, 5.74) is 2.93. The Kier molecular flexibility index (Phi) is 12.3. The first kappa shape index (κ1) is 29.6. The van der Waals surface area contributed by atoms with Crippen LogP contribution in [0.5, 0.6) is 5.75 Å². The van der Waals surface area contributed by atoms with Gasteiger partial charge in [0.25, 0.3) is 0 Å². The number of benzene rings is 3. The van der Waals surface area contributed by atoms with E-state index in [2.05, 4.69) is 17.4 Å². The largest absolute Gasteiger partial charge is 0.492 e. The zero-order valence-corrected chi connectivity index (χ0v) is 22.4. The molecule has 0 aliphatic heterocycles. The summed E-state index contributed by atoms with van der Waals surface area (Å²) in [6.45, 7) is 3.69. The van der Waals surface area contributed by atoms with Crippen molar-refractivity contribution in [2.24, 2.45) is 0 Å². The number of halogens is 1. The predicted molar refractivity (Wildman–Crippen MR) is 148 cm³/mol. The molecule has 3 aromatic carbocycles. The molecule has 0 aliphatic rings. The van der Waals surface area contributed by atoms with Gasteiger partial charge in [-0.2, -0.15) is 0 Å². The highest BCUT2D eigenvalue weighted by atomic mass is 19.1. The number of nitrogens with zero attached hydrogens (tertiary/aromatic N) is 1. The number of amides is 2. The van der Waals surface area contributed by atoms with Crippen molar-refractivity contribution in [3.63, 3.8) is 0 Å². The Balaban J connectivity index is 1.51. The summed E-state index contributed by atoms with van der Waals surface area (Å²) in [4.78, 5) is 26.0. The predicted octanol–water partition coefficient (Wildman–Crippen LogP) is 5.47. The van der Waals surface area contributed by atoms with Gasteiger partial charge in [-0.15, -0.1) is 0 Å². The summed E-state index contributed by atoms with van der Waals surface area (Å²) < 4.78 is 24.4. The molecule has 0 bridgehead atoms. The molecule has 0 heterocycles. The van der Waals surface area contributed by atoms with Gasteiger partial charge in [0.2, 0.25) is 0 Å². The summed E-state index contributed by atoms with van der Waals surface area (Å²) in [6, 6.07) is 23.3. The van der Waals surface area contributed by atoms with Crippen molar-refractivity contribution in [3.05, 3.63) is 101 Å². The Morgan fingerprint density at radius 3 is 2.26 bits per heavy atom. The monoisotopic (exact) mass is 536 g/mol. The average Bonchev–Trinajstić information content (AvgIpc) is 2.95. The maximum absolute atomic E-state index is 13.2. The van der Waals surface area contributed by atoms with Crippen LogP contribution in [0.2, 0.25) is 0 Å². The van der Waals surface area contributed by atoms with Crippen molar-refractivity contribution in [3.8, 4) is 5.75 Å². The Hall–Kier alpha value is -3.91. The standard InChI is InChI=1S/C31H37FN2O5/c1-2-38-29(30(35)36)22-25-13-17-28(18-14-25)39-21-20-34(19-7-6-10-24-8-4-3-5-9-24)31(37)33-23-26-11-15-27(32)16-12-26/h3-5,8-9,11-18,29H,2,6-7,10,19-23H2,1H3,(H,33,37)(H,35,36). The van der Waals surface area contributed by atoms with Gasteiger partial charge in [0.05, 0.1) is 6.54 Å². The van der Waals surface area contributed by atoms with Crippen LogP contribution in [0.3, 0.4) is 0 Å². The second-order valence-corrected chi connectivity index (χ2v) is 9.19. The molecule has 1 unspecified atom stereocenters. The van der Waals surface area contributed by atoms with E-state index in [-0.39, 0.29) is 18.3 Å². The Morgan fingerprint density at radius 1 is 0.897 bits per heavy atom. The van der Waals surface area contributed by atoms with E-state index in [4.69, 9.17) is 9.47 Å². The molecule has 0 saturated carbocycles. The summed E-state index contributed by atoms with van der Waals surface area (Å²) >= 11 is 0. The molecule has 3 rings (SSSR count). The van der Waals surface area contributed by atoms with E-state index in [1.807, 2.05) is 30.3 Å². The lowest BCUT2D eigenvalue weighted by molar-refractivity contribution is -0.149. The lowest BCUT2D eigenvalue weighted by Gasteiger charge is -2.23. The molecule has 0 saturated heterocycles. The number of aliphatic carboxylic acids is 1. The SMILES string of the molecule is CCOC(Cc1ccc(OCCN(CCCCc2ccccc2)C(=O)NCc2ccc(F)cc2)cc1)C(=O)O. The van der Waals surface area contributed by atoms with Gasteiger partial charge in [-0.25, -0.2) is 14.0 Å². The number of carboxylic acids is 1. The van der Waals surface area contributed by atoms with E-state index >= 15 is 0 Å². The zero-order chi connectivity index (χ0) is 27.9. The summed E-state index contributed by atoms with van der Waals surface area (Å²) in [5.74, 6) is -0.664. The van der Waals surface area contributed by atoms with Crippen LogP contribution in [-0.2, 0) is 28.9 Å². The highest BCUT2D eigenvalue weighted by molar-refractivity contribution is 5.74. The van der Waals surface area contributed by atoms with Crippen LogP contribution < -0.4 is 10.1 Å². The van der Waals surface area contributed by atoms with Gasteiger partial charge in [0.1, 0.15) is 18.2 Å². The fourth-order valence-electron chi connectivity index (χ4n) is 4.11. The molecule has 0 aliphatic carbocycles. The number of rotatable bonds is 16. The lowest BCUT2D eigenvalue weighted by Crippen LogP contribution is -2.42. The number of carbonyl (C=O) groups excluding carboxylic acids is 1. The van der Waals surface area contributed by atoms with Crippen LogP contribution in [0.25, 0.3) is 0 Å². The van der Waals surface area contributed by atoms with Gasteiger partial charge in [-0.1, -0.05) is 54.6 Å². The summed E-state index contributed by atoms with van der Waals surface area (Å²) in [7, 11) is 0. The molecule has 8 heteroatoms. The molecule has 1 atom stereocenters. The number of unbranched alkanes of at least 4 members (excludes halogenated alkanes) is 1. The Morgan fingerprint density at radius 2 is 1.59 bits per heavy atom. The minimum Gasteiger partial charge on any atom is -0.492 e. The van der Waals surface area contributed by atoms with Crippen molar-refractivity contribution in [1.82, 2.24) is 10.2 Å². The zero-order valence-electron chi connectivity index (χ0n) is 22.4. The molecule has 39 heavy (non-hydrogen) atoms. The van der Waals surface area contributed by atoms with E-state index < -0.39 is 12.1 Å². The molecule has 7 nitrogen and oxygen atoms in total. The van der Waals surface area contributed by atoms with Crippen molar-refractivity contribution in [2.45, 2.75) is 45.3 Å². The molecular formula is C31H37FN2O5. The van der Waals surface area contributed by atoms with Crippen LogP contribution in [-0.4, -0.2) is 54.4 Å². The molecule has 0 radical (unpaired) electrons. The molecule has 2 amide bonds. The third-order valence-corrected chi connectivity index (χ3v) is 6.25. The van der Waals surface area contributed by atoms with Crippen LogP contribution in [0.15, 0.2) is 78.9 Å². The Bertz CT molecular complexity index is 1140. The number of carbonyl (C=O) groups is 2. The number of hydrogen-bond acceptors (Lipinski definition) is 4. The summed E-state index contributed by atoms with van der Waals surface area (Å²) in [6.07, 6.45) is 2.13. The highest BCUT2D eigenvalue weighted by Gasteiger charge is 2.18. The first-order valence-corrected chi connectivity index (χ1v) is 13.3. The molecular weight excluding hydrogens is 499 g/mol. The van der Waals surface area contributed by atoms with E-state index in [9.17, 15) is 19.1 Å². The molecule has 0 fully saturated rings. The molecule has 3 aromatic rings. The smallest absolute Gasteiger partial charge is 0.333 e. The lowest BCUT2D eigenvalue weighted by atomic mass is 10.1. The van der Waals surface area contributed by atoms with E-state index in [0.29, 0.717) is 38.6 Å². The molecule has 208 valence electrons. The Labute approximate surface area is 229 Å². The second-order valence-electron chi connectivity index (χ2n) is 9.19. The van der Waals surface area contributed by atoms with Crippen LogP contribution in [0, 0.1) is 5.82 Å². The first-order chi connectivity index (χ1) is 18.9. The van der Waals surface area contributed by atoms with Gasteiger partial charge in [0.15, 0.2) is 6.10 Å². The highest BCUT2D eigenvalue weighted by Crippen LogP contribution is 2.15. The number of ether oxygens (including phenoxy) is 2. The minimum atomic E-state index is -0.987. The average molecular weight is 537 g/mol. The fraction of sp³-hybridized carbons (Fsp3) is 0.355. The second kappa shape index (κ2) is 16.1. The maximum Gasteiger partial charge on any atom is 0.333 e. The van der Waals surface area contributed by atoms with Crippen molar-refractivity contribution >= 4 is 12.0 Å². The van der Waals surface area contributed by atoms with E-state index in [0.717, 1.165) is 30.4 Å². The van der Waals surface area contributed by atoms with Crippen LogP contribution in [0.4, 0.5) is 9.18 Å². The van der Waals surface area contributed by atoms with Gasteiger partial charge in [0, 0.05) is 26.1 Å². The maximum atomic E-state index is 13.2. The first-order valence-electron chi connectivity index (χ1n) is 13.3. The van der Waals surface area contributed by atoms with Gasteiger partial charge in [-0.05, 0) is 67.1 Å². The number of nitrogens with one attached hydrogen (secondary N) is 1. The number of aryl methyl sites for hydroxylation is 1. The normalized spacial score (nSPS) is 11.5. The topological polar surface area (TPSA) is 88.1 Å². The van der Waals surface area contributed by atoms with Gasteiger partial charge >= 0.3 is 12.0 Å². The van der Waals surface area contributed by atoms with Gasteiger partial charge in [-0.3, -0.25) is 0 Å². The van der Waals surface area contributed by atoms with Crippen LogP contribution in [0.1, 0.15) is 36.5 Å². The van der Waals surface area contributed by atoms with E-state index in [1.165, 1.54) is 17.7 Å². The third kappa shape index (κ3) is 10.8. The molecule has 0 aromatic heterocycles. The minimum absolute atomic E-state index is 0.200. The van der Waals surface area contributed by atoms with Gasteiger partial charge < -0.3 is 24.8 Å². The van der Waals surface area contributed by atoms with E-state index in [1.54, 1.807) is 36.1 Å². The fourth-order valence-corrected chi connectivity index (χ4v) is 4.11. The number of carboxylic acid groups (broad SMARTS) is 1. The van der Waals surface area contributed by atoms with Crippen molar-refractivity contribution in [2.75, 3.05) is 26.3 Å². The molecule has 0 spiro atoms. The van der Waals surface area contributed by atoms with Crippen molar-refractivity contribution in [1.29, 1.82) is 0 Å². The van der Waals surface area contributed by atoms with Crippen molar-refractivity contribution < 1.29 is 28.6 Å². The third-order valence-electron chi connectivity index (χ3n) is 6.25.